The van der Waals surface area contributed by atoms with Crippen molar-refractivity contribution in [3.63, 3.8) is 0 Å². The number of hydrogen-bond acceptors (Lipinski definition) is 2. The van der Waals surface area contributed by atoms with Gasteiger partial charge in [-0.1, -0.05) is 13.8 Å². The van der Waals surface area contributed by atoms with Crippen LogP contribution >= 0.6 is 0 Å². The number of benzene rings is 2. The van der Waals surface area contributed by atoms with Crippen LogP contribution in [0.5, 0.6) is 0 Å². The number of halogens is 2. The third kappa shape index (κ3) is 5.11. The fourth-order valence-electron chi connectivity index (χ4n) is 2.44. The summed E-state index contributed by atoms with van der Waals surface area (Å²) >= 11 is 0. The summed E-state index contributed by atoms with van der Waals surface area (Å²) < 4.78 is 26.3. The first-order chi connectivity index (χ1) is 11.9. The van der Waals surface area contributed by atoms with E-state index in [0.717, 1.165) is 31.0 Å². The monoisotopic (exact) mass is 346 g/mol. The lowest BCUT2D eigenvalue weighted by Gasteiger charge is -2.13. The Labute approximate surface area is 145 Å². The van der Waals surface area contributed by atoms with Crippen molar-refractivity contribution in [2.45, 2.75) is 26.7 Å². The number of hydrogen-bond donors (Lipinski definition) is 2. The van der Waals surface area contributed by atoms with E-state index in [9.17, 15) is 18.4 Å². The van der Waals surface area contributed by atoms with Crippen molar-refractivity contribution in [2.24, 2.45) is 5.92 Å². The SMILES string of the molecule is CCC(CC)C(=O)Nc1ccc(C(=O)Nc2cc(F)cc(F)c2)cc1. The lowest BCUT2D eigenvalue weighted by Crippen LogP contribution is -2.21. The van der Waals surface area contributed by atoms with Gasteiger partial charge in [-0.3, -0.25) is 9.59 Å². The third-order valence-electron chi connectivity index (χ3n) is 3.89. The van der Waals surface area contributed by atoms with E-state index in [2.05, 4.69) is 10.6 Å². The van der Waals surface area contributed by atoms with E-state index in [0.29, 0.717) is 11.3 Å². The van der Waals surface area contributed by atoms with Crippen molar-refractivity contribution in [1.82, 2.24) is 0 Å². The van der Waals surface area contributed by atoms with Gasteiger partial charge in [-0.2, -0.15) is 0 Å². The summed E-state index contributed by atoms with van der Waals surface area (Å²) in [5.41, 5.74) is 0.934. The normalized spacial score (nSPS) is 10.6. The van der Waals surface area contributed by atoms with Crippen LogP contribution in [0.25, 0.3) is 0 Å². The van der Waals surface area contributed by atoms with Crippen LogP contribution in [0.15, 0.2) is 42.5 Å². The van der Waals surface area contributed by atoms with Gasteiger partial charge in [0.1, 0.15) is 11.6 Å². The second kappa shape index (κ2) is 8.37. The molecule has 2 rings (SSSR count). The summed E-state index contributed by atoms with van der Waals surface area (Å²) in [6.07, 6.45) is 1.51. The molecule has 0 radical (unpaired) electrons. The molecular formula is C19H20F2N2O2. The molecule has 0 heterocycles. The lowest BCUT2D eigenvalue weighted by atomic mass is 10.0. The first kappa shape index (κ1) is 18.6. The second-order valence-electron chi connectivity index (χ2n) is 5.69. The van der Waals surface area contributed by atoms with Crippen molar-refractivity contribution in [3.05, 3.63) is 59.7 Å². The zero-order chi connectivity index (χ0) is 18.4. The minimum Gasteiger partial charge on any atom is -0.326 e. The Hall–Kier alpha value is -2.76. The maximum absolute atomic E-state index is 13.1. The van der Waals surface area contributed by atoms with Gasteiger partial charge in [0, 0.05) is 28.9 Å². The lowest BCUT2D eigenvalue weighted by molar-refractivity contribution is -0.120. The molecule has 0 aliphatic rings. The molecule has 0 fully saturated rings. The van der Waals surface area contributed by atoms with Crippen LogP contribution < -0.4 is 10.6 Å². The number of carbonyl (C=O) groups excluding carboxylic acids is 2. The molecule has 0 saturated heterocycles. The molecule has 25 heavy (non-hydrogen) atoms. The van der Waals surface area contributed by atoms with Crippen LogP contribution in [0.2, 0.25) is 0 Å². The van der Waals surface area contributed by atoms with E-state index in [1.54, 1.807) is 12.1 Å². The summed E-state index contributed by atoms with van der Waals surface area (Å²) in [5, 5.41) is 5.24. The van der Waals surface area contributed by atoms with E-state index >= 15 is 0 Å². The average molecular weight is 346 g/mol. The number of anilines is 2. The fourth-order valence-corrected chi connectivity index (χ4v) is 2.44. The number of nitrogens with one attached hydrogen (secondary N) is 2. The van der Waals surface area contributed by atoms with E-state index in [1.165, 1.54) is 12.1 Å². The molecule has 132 valence electrons. The molecule has 0 atom stereocenters. The van der Waals surface area contributed by atoms with Gasteiger partial charge in [-0.15, -0.1) is 0 Å². The van der Waals surface area contributed by atoms with Crippen LogP contribution in [0, 0.1) is 17.6 Å². The van der Waals surface area contributed by atoms with Gasteiger partial charge in [0.2, 0.25) is 5.91 Å². The average Bonchev–Trinajstić information content (AvgIpc) is 2.55. The molecule has 6 heteroatoms. The Kier molecular flexibility index (Phi) is 6.22. The van der Waals surface area contributed by atoms with Gasteiger partial charge in [-0.25, -0.2) is 8.78 Å². The number of rotatable bonds is 6. The zero-order valence-electron chi connectivity index (χ0n) is 14.1. The van der Waals surface area contributed by atoms with E-state index in [-0.39, 0.29) is 17.5 Å². The molecule has 2 aromatic rings. The van der Waals surface area contributed by atoms with Crippen molar-refractivity contribution in [3.8, 4) is 0 Å². The molecule has 0 aromatic heterocycles. The van der Waals surface area contributed by atoms with Crippen LogP contribution in [-0.4, -0.2) is 11.8 Å². The molecular weight excluding hydrogens is 326 g/mol. The molecule has 2 amide bonds. The molecule has 0 spiro atoms. The first-order valence-electron chi connectivity index (χ1n) is 8.11. The van der Waals surface area contributed by atoms with Crippen molar-refractivity contribution >= 4 is 23.2 Å². The summed E-state index contributed by atoms with van der Waals surface area (Å²) in [5.74, 6) is -2.14. The molecule has 0 bridgehead atoms. The molecule has 2 N–H and O–H groups in total. The van der Waals surface area contributed by atoms with E-state index in [4.69, 9.17) is 0 Å². The first-order valence-corrected chi connectivity index (χ1v) is 8.11. The molecule has 2 aromatic carbocycles. The van der Waals surface area contributed by atoms with Crippen LogP contribution in [0.1, 0.15) is 37.0 Å². The zero-order valence-corrected chi connectivity index (χ0v) is 14.1. The third-order valence-corrected chi connectivity index (χ3v) is 3.89. The van der Waals surface area contributed by atoms with Crippen molar-refractivity contribution in [2.75, 3.05) is 10.6 Å². The predicted molar refractivity (Wildman–Crippen MR) is 93.5 cm³/mol. The smallest absolute Gasteiger partial charge is 0.255 e. The van der Waals surface area contributed by atoms with Crippen molar-refractivity contribution in [1.29, 1.82) is 0 Å². The topological polar surface area (TPSA) is 58.2 Å². The Morgan fingerprint density at radius 2 is 1.44 bits per heavy atom. The minimum atomic E-state index is -0.769. The summed E-state index contributed by atoms with van der Waals surface area (Å²) in [6, 6.07) is 9.09. The molecule has 0 aliphatic heterocycles. The highest BCUT2D eigenvalue weighted by atomic mass is 19.1. The Balaban J connectivity index is 2.03. The van der Waals surface area contributed by atoms with E-state index < -0.39 is 17.5 Å². The Morgan fingerprint density at radius 3 is 1.96 bits per heavy atom. The minimum absolute atomic E-state index is 0.0358. The predicted octanol–water partition coefficient (Wildman–Crippen LogP) is 4.59. The Morgan fingerprint density at radius 1 is 0.880 bits per heavy atom. The standard InChI is InChI=1S/C19H20F2N2O2/c1-3-12(4-2)18(24)22-16-7-5-13(6-8-16)19(25)23-17-10-14(20)9-15(21)11-17/h5-12H,3-4H2,1-2H3,(H,22,24)(H,23,25). The van der Waals surface area contributed by atoms with Crippen molar-refractivity contribution < 1.29 is 18.4 Å². The quantitative estimate of drug-likeness (QED) is 0.803. The maximum Gasteiger partial charge on any atom is 0.255 e. The van der Waals surface area contributed by atoms with Gasteiger partial charge in [0.15, 0.2) is 0 Å². The van der Waals surface area contributed by atoms with Gasteiger partial charge in [0.25, 0.3) is 5.91 Å². The van der Waals surface area contributed by atoms with Crippen LogP contribution in [0.3, 0.4) is 0 Å². The number of amides is 2. The second-order valence-corrected chi connectivity index (χ2v) is 5.69. The highest BCUT2D eigenvalue weighted by Gasteiger charge is 2.14. The van der Waals surface area contributed by atoms with Gasteiger partial charge in [0.05, 0.1) is 0 Å². The molecule has 0 saturated carbocycles. The van der Waals surface area contributed by atoms with Gasteiger partial charge in [-0.05, 0) is 49.2 Å². The Bertz CT molecular complexity index is 736. The highest BCUT2D eigenvalue weighted by Crippen LogP contribution is 2.17. The largest absolute Gasteiger partial charge is 0.326 e. The molecule has 0 aliphatic carbocycles. The van der Waals surface area contributed by atoms with Crippen LogP contribution in [0.4, 0.5) is 20.2 Å². The highest BCUT2D eigenvalue weighted by molar-refractivity contribution is 6.04. The number of carbonyl (C=O) groups is 2. The van der Waals surface area contributed by atoms with Gasteiger partial charge < -0.3 is 10.6 Å². The van der Waals surface area contributed by atoms with Gasteiger partial charge >= 0.3 is 0 Å². The molecule has 4 nitrogen and oxygen atoms in total. The molecule has 0 unspecified atom stereocenters. The fraction of sp³-hybridized carbons (Fsp3) is 0.263. The van der Waals surface area contributed by atoms with E-state index in [1.807, 2.05) is 13.8 Å². The maximum atomic E-state index is 13.1. The summed E-state index contributed by atoms with van der Waals surface area (Å²) in [7, 11) is 0. The van der Waals surface area contributed by atoms with Crippen LogP contribution in [-0.2, 0) is 4.79 Å². The summed E-state index contributed by atoms with van der Waals surface area (Å²) in [6.45, 7) is 3.91. The summed E-state index contributed by atoms with van der Waals surface area (Å²) in [4.78, 5) is 24.2.